The number of amides is 3. The van der Waals surface area contributed by atoms with Gasteiger partial charge in [-0.2, -0.15) is 0 Å². The van der Waals surface area contributed by atoms with Crippen LogP contribution in [0.5, 0.6) is 0 Å². The number of nitrogen functional groups attached to an aromatic ring is 1. The number of aromatic nitrogens is 2. The molecule has 2 aliphatic heterocycles. The van der Waals surface area contributed by atoms with Crippen LogP contribution in [-0.4, -0.2) is 62.2 Å². The van der Waals surface area contributed by atoms with Gasteiger partial charge in [-0.15, -0.1) is 45.3 Å². The Morgan fingerprint density at radius 2 is 1.18 bits per heavy atom. The van der Waals surface area contributed by atoms with Crippen molar-refractivity contribution >= 4 is 93.9 Å². The van der Waals surface area contributed by atoms with Crippen LogP contribution in [0.15, 0.2) is 36.4 Å². The first-order valence-corrected chi connectivity index (χ1v) is 21.5. The van der Waals surface area contributed by atoms with Gasteiger partial charge >= 0.3 is 12.2 Å². The van der Waals surface area contributed by atoms with Crippen LogP contribution < -0.4 is 11.1 Å². The molecule has 0 radical (unpaired) electrons. The van der Waals surface area contributed by atoms with Crippen molar-refractivity contribution in [3.05, 3.63) is 68.9 Å². The lowest BCUT2D eigenvalue weighted by Gasteiger charge is -2.30. The van der Waals surface area contributed by atoms with Crippen LogP contribution in [0.1, 0.15) is 69.3 Å². The summed E-state index contributed by atoms with van der Waals surface area (Å²) in [6.07, 6.45) is 0.670. The minimum Gasteiger partial charge on any atom is -0.444 e. The maximum absolute atomic E-state index is 13.6. The van der Waals surface area contributed by atoms with Crippen molar-refractivity contribution < 1.29 is 32.6 Å². The number of hydrogen-bond donors (Lipinski definition) is 2. The molecular formula is C40H42F2N6O5S4. The minimum atomic E-state index is -0.560. The van der Waals surface area contributed by atoms with Gasteiger partial charge in [0.2, 0.25) is 5.91 Å². The van der Waals surface area contributed by atoms with Gasteiger partial charge in [0, 0.05) is 53.0 Å². The van der Waals surface area contributed by atoms with E-state index in [1.807, 2.05) is 41.5 Å². The van der Waals surface area contributed by atoms with Gasteiger partial charge in [0.25, 0.3) is 0 Å². The van der Waals surface area contributed by atoms with Crippen LogP contribution in [0.4, 0.5) is 28.4 Å². The summed E-state index contributed by atoms with van der Waals surface area (Å²) in [6.45, 7) is 14.6. The zero-order valence-electron chi connectivity index (χ0n) is 32.5. The first-order valence-electron chi connectivity index (χ1n) is 18.2. The Morgan fingerprint density at radius 1 is 0.719 bits per heavy atom. The summed E-state index contributed by atoms with van der Waals surface area (Å²) in [4.78, 5) is 51.3. The average molecular weight is 853 g/mol. The highest BCUT2D eigenvalue weighted by Gasteiger charge is 2.32. The summed E-state index contributed by atoms with van der Waals surface area (Å²) < 4.78 is 39.9. The molecule has 6 heterocycles. The van der Waals surface area contributed by atoms with Gasteiger partial charge in [-0.1, -0.05) is 0 Å². The zero-order chi connectivity index (χ0) is 41.0. The number of benzene rings is 2. The number of fused-ring (bicyclic) bond motifs is 4. The van der Waals surface area contributed by atoms with Crippen LogP contribution in [0.2, 0.25) is 0 Å². The number of anilines is 2. The van der Waals surface area contributed by atoms with Gasteiger partial charge in [-0.25, -0.2) is 28.3 Å². The topological polar surface area (TPSA) is 140 Å². The minimum absolute atomic E-state index is 0.175. The summed E-state index contributed by atoms with van der Waals surface area (Å²) in [6, 6.07) is 9.17. The van der Waals surface area contributed by atoms with Crippen LogP contribution in [0.25, 0.3) is 41.6 Å². The molecule has 0 saturated heterocycles. The predicted molar refractivity (Wildman–Crippen MR) is 225 cm³/mol. The van der Waals surface area contributed by atoms with E-state index in [0.717, 1.165) is 51.4 Å². The number of carbonyl (C=O) groups excluding carboxylic acids is 3. The van der Waals surface area contributed by atoms with Crippen molar-refractivity contribution in [2.45, 2.75) is 85.6 Å². The number of thiophene rings is 2. The van der Waals surface area contributed by atoms with Crippen molar-refractivity contribution in [2.75, 3.05) is 24.1 Å². The third-order valence-electron chi connectivity index (χ3n) is 8.86. The van der Waals surface area contributed by atoms with Gasteiger partial charge in [-0.05, 0) is 89.8 Å². The second kappa shape index (κ2) is 15.6. The first kappa shape index (κ1) is 40.5. The Kier molecular flexibility index (Phi) is 11.1. The normalized spacial score (nSPS) is 14.2. The number of ether oxygens (including phenoxy) is 2. The molecule has 17 heteroatoms. The molecule has 4 aromatic heterocycles. The highest BCUT2D eigenvalue weighted by atomic mass is 32.1. The molecule has 6 aromatic rings. The van der Waals surface area contributed by atoms with Crippen molar-refractivity contribution in [1.82, 2.24) is 19.8 Å². The SMILES string of the molecule is CC(=O)Nc1sc2c(c1-c1nc3cc(F)ccc3s1)CCN(C(=O)OC(C)(C)C)C2.CC(C)(C)OC(=O)N1CCc2c(sc(N)c2-c2nc3cc(F)ccc3s2)C1. The van der Waals surface area contributed by atoms with E-state index in [1.165, 1.54) is 76.5 Å². The van der Waals surface area contributed by atoms with Gasteiger partial charge in [-0.3, -0.25) is 4.79 Å². The first-order chi connectivity index (χ1) is 26.8. The summed E-state index contributed by atoms with van der Waals surface area (Å²) in [5, 5.41) is 5.84. The fourth-order valence-corrected chi connectivity index (χ4v) is 11.1. The van der Waals surface area contributed by atoms with Crippen LogP contribution in [0, 0.1) is 11.6 Å². The lowest BCUT2D eigenvalue weighted by molar-refractivity contribution is -0.114. The molecule has 11 nitrogen and oxygen atoms in total. The summed E-state index contributed by atoms with van der Waals surface area (Å²) in [7, 11) is 0. The summed E-state index contributed by atoms with van der Waals surface area (Å²) in [5.41, 5.74) is 10.5. The monoisotopic (exact) mass is 852 g/mol. The van der Waals surface area contributed by atoms with E-state index >= 15 is 0 Å². The van der Waals surface area contributed by atoms with Gasteiger partial charge in [0.05, 0.1) is 38.5 Å². The van der Waals surface area contributed by atoms with Crippen LogP contribution in [0.3, 0.4) is 0 Å². The van der Waals surface area contributed by atoms with Gasteiger partial charge in [0.1, 0.15) is 37.9 Å². The second-order valence-corrected chi connectivity index (χ2v) is 20.0. The smallest absolute Gasteiger partial charge is 0.410 e. The molecule has 2 aromatic carbocycles. The Morgan fingerprint density at radius 3 is 1.65 bits per heavy atom. The van der Waals surface area contributed by atoms with Gasteiger partial charge in [0.15, 0.2) is 0 Å². The summed E-state index contributed by atoms with van der Waals surface area (Å²) in [5.74, 6) is -0.805. The second-order valence-electron chi connectivity index (χ2n) is 15.7. The maximum Gasteiger partial charge on any atom is 0.410 e. The Hall–Kier alpha value is -4.71. The van der Waals surface area contributed by atoms with E-state index in [-0.39, 0.29) is 29.7 Å². The third kappa shape index (κ3) is 9.06. The number of carbonyl (C=O) groups is 3. The molecular weight excluding hydrogens is 811 g/mol. The lowest BCUT2D eigenvalue weighted by atomic mass is 10.0. The Labute approximate surface area is 344 Å². The van der Waals surface area contributed by atoms with E-state index in [9.17, 15) is 23.2 Å². The summed E-state index contributed by atoms with van der Waals surface area (Å²) >= 11 is 5.91. The molecule has 8 rings (SSSR count). The van der Waals surface area contributed by atoms with E-state index in [2.05, 4.69) is 15.3 Å². The number of nitrogens with zero attached hydrogens (tertiary/aromatic N) is 4. The third-order valence-corrected chi connectivity index (χ3v) is 13.1. The molecule has 300 valence electrons. The molecule has 0 spiro atoms. The zero-order valence-corrected chi connectivity index (χ0v) is 35.8. The number of nitrogens with two attached hydrogens (primary N) is 1. The molecule has 3 amide bonds. The van der Waals surface area contributed by atoms with E-state index < -0.39 is 11.2 Å². The molecule has 3 N–H and O–H groups in total. The van der Waals surface area contributed by atoms with Crippen LogP contribution >= 0.6 is 45.3 Å². The van der Waals surface area contributed by atoms with E-state index in [1.54, 1.807) is 21.9 Å². The van der Waals surface area contributed by atoms with E-state index in [0.29, 0.717) is 60.1 Å². The molecule has 0 bridgehead atoms. The molecule has 57 heavy (non-hydrogen) atoms. The number of nitrogens with one attached hydrogen (secondary N) is 1. The number of hydrogen-bond acceptors (Lipinski definition) is 12. The molecule has 0 saturated carbocycles. The molecule has 0 atom stereocenters. The highest BCUT2D eigenvalue weighted by Crippen LogP contribution is 2.47. The van der Waals surface area contributed by atoms with Gasteiger partial charge < -0.3 is 30.3 Å². The Bertz CT molecular complexity index is 2530. The predicted octanol–water partition coefficient (Wildman–Crippen LogP) is 10.5. The molecule has 2 aliphatic rings. The van der Waals surface area contributed by atoms with Crippen molar-refractivity contribution in [2.24, 2.45) is 0 Å². The van der Waals surface area contributed by atoms with Crippen molar-refractivity contribution in [3.8, 4) is 21.1 Å². The fourth-order valence-electron chi connectivity index (χ4n) is 6.52. The lowest BCUT2D eigenvalue weighted by Crippen LogP contribution is -2.39. The highest BCUT2D eigenvalue weighted by molar-refractivity contribution is 7.23. The fraction of sp³-hybridized carbons (Fsp3) is 0.375. The molecule has 0 fully saturated rings. The van der Waals surface area contributed by atoms with Crippen molar-refractivity contribution in [1.29, 1.82) is 0 Å². The largest absolute Gasteiger partial charge is 0.444 e. The molecule has 0 unspecified atom stereocenters. The number of halogens is 2. The Balaban J connectivity index is 0.000000175. The standard InChI is InChI=1S/C21H22FN3O3S2.C19H20FN3O2S2/c1-11(26)23-18-17(19-24-14-9-12(22)5-6-15(14)29-19)13-7-8-25(10-16(13)30-18)20(27)28-21(2,3)4;1-19(2,3)25-18(24)23-7-6-11-14(9-23)26-16(21)15(11)17-22-12-8-10(20)4-5-13(12)27-17/h5-6,9H,7-8,10H2,1-4H3,(H,23,26);4-5,8H,6-7,9,21H2,1-3H3. The number of thiazole rings is 2. The molecule has 0 aliphatic carbocycles. The van der Waals surface area contributed by atoms with Crippen molar-refractivity contribution in [3.63, 3.8) is 0 Å². The maximum atomic E-state index is 13.6. The number of rotatable bonds is 3. The average Bonchev–Trinajstić information content (AvgIpc) is 3.87. The van der Waals surface area contributed by atoms with E-state index in [4.69, 9.17) is 15.2 Å². The quantitative estimate of drug-likeness (QED) is 0.179. The van der Waals surface area contributed by atoms with Crippen LogP contribution in [-0.2, 0) is 40.2 Å².